The molecule has 0 bridgehead atoms. The molecule has 1 aliphatic rings. The van der Waals surface area contributed by atoms with E-state index < -0.39 is 11.7 Å². The first-order chi connectivity index (χ1) is 9.90. The van der Waals surface area contributed by atoms with Gasteiger partial charge in [0.15, 0.2) is 0 Å². The van der Waals surface area contributed by atoms with Crippen molar-refractivity contribution in [2.75, 3.05) is 4.90 Å². The molecule has 2 aromatic rings. The zero-order valence-electron chi connectivity index (χ0n) is 12.0. The van der Waals surface area contributed by atoms with E-state index in [2.05, 4.69) is 21.0 Å². The maximum atomic E-state index is 12.2. The maximum absolute atomic E-state index is 12.2. The van der Waals surface area contributed by atoms with Crippen molar-refractivity contribution in [2.24, 2.45) is 7.05 Å². The van der Waals surface area contributed by atoms with Crippen LogP contribution in [0.4, 0.5) is 5.69 Å². The number of hydrogen-bond acceptors (Lipinski definition) is 3. The van der Waals surface area contributed by atoms with E-state index in [9.17, 15) is 9.59 Å². The Balaban J connectivity index is 2.04. The minimum absolute atomic E-state index is 0.318. The van der Waals surface area contributed by atoms with E-state index in [1.54, 1.807) is 10.7 Å². The van der Waals surface area contributed by atoms with Gasteiger partial charge in [-0.3, -0.25) is 19.2 Å². The molecule has 2 heterocycles. The van der Waals surface area contributed by atoms with Gasteiger partial charge in [0.25, 0.3) is 11.7 Å². The third-order valence-electron chi connectivity index (χ3n) is 3.70. The van der Waals surface area contributed by atoms with Crippen LogP contribution in [-0.2, 0) is 18.4 Å². The van der Waals surface area contributed by atoms with Crippen LogP contribution in [0.5, 0.6) is 0 Å². The number of Topliss-reactive ketones (excluding diaryl/α,β-unsaturated/α-hetero) is 1. The van der Waals surface area contributed by atoms with E-state index in [0.717, 1.165) is 21.4 Å². The quantitative estimate of drug-likeness (QED) is 0.784. The second kappa shape index (κ2) is 4.80. The molecule has 0 saturated carbocycles. The summed E-state index contributed by atoms with van der Waals surface area (Å²) < 4.78 is 2.59. The molecular formula is C15H14BrN3O2. The molecule has 6 heteroatoms. The predicted octanol–water partition coefficient (Wildman–Crippen LogP) is 2.53. The number of carbonyl (C=O) groups excluding carboxylic acids is 2. The van der Waals surface area contributed by atoms with E-state index in [1.807, 2.05) is 33.0 Å². The lowest BCUT2D eigenvalue weighted by atomic mass is 10.1. The van der Waals surface area contributed by atoms with Gasteiger partial charge in [0.2, 0.25) is 0 Å². The smallest absolute Gasteiger partial charge is 0.299 e. The lowest BCUT2D eigenvalue weighted by Crippen LogP contribution is -2.30. The third-order valence-corrected chi connectivity index (χ3v) is 4.73. The van der Waals surface area contributed by atoms with Crippen molar-refractivity contribution in [3.8, 4) is 0 Å². The molecule has 5 nitrogen and oxygen atoms in total. The second-order valence-corrected chi connectivity index (χ2v) is 6.00. The summed E-state index contributed by atoms with van der Waals surface area (Å²) >= 11 is 3.49. The van der Waals surface area contributed by atoms with Gasteiger partial charge >= 0.3 is 0 Å². The van der Waals surface area contributed by atoms with Crippen molar-refractivity contribution in [1.82, 2.24) is 9.78 Å². The van der Waals surface area contributed by atoms with Gasteiger partial charge in [-0.1, -0.05) is 11.6 Å². The molecule has 0 radical (unpaired) electrons. The summed E-state index contributed by atoms with van der Waals surface area (Å²) in [6, 6.07) is 5.49. The topological polar surface area (TPSA) is 55.2 Å². The first-order valence-corrected chi connectivity index (χ1v) is 7.34. The molecule has 0 saturated heterocycles. The standard InChI is InChI=1S/C15H14BrN3O2/c1-8-4-5-11-10(6-8)14(20)15(21)19(11)7-12-13(16)9(2)17-18(12)3/h4-6H,7H2,1-3H3. The first kappa shape index (κ1) is 14.0. The van der Waals surface area contributed by atoms with Gasteiger partial charge in [-0.25, -0.2) is 0 Å². The molecule has 108 valence electrons. The number of benzene rings is 1. The van der Waals surface area contributed by atoms with Crippen molar-refractivity contribution >= 4 is 33.3 Å². The van der Waals surface area contributed by atoms with Crippen LogP contribution in [0, 0.1) is 13.8 Å². The Kier molecular flexibility index (Phi) is 3.20. The minimum Gasteiger partial charge on any atom is -0.299 e. The molecule has 0 spiro atoms. The highest BCUT2D eigenvalue weighted by molar-refractivity contribution is 9.10. The fraction of sp³-hybridized carbons (Fsp3) is 0.267. The molecule has 21 heavy (non-hydrogen) atoms. The lowest BCUT2D eigenvalue weighted by Gasteiger charge is -2.17. The number of hydrogen-bond donors (Lipinski definition) is 0. The lowest BCUT2D eigenvalue weighted by molar-refractivity contribution is -0.114. The number of aryl methyl sites for hydroxylation is 3. The van der Waals surface area contributed by atoms with E-state index in [4.69, 9.17) is 0 Å². The number of fused-ring (bicyclic) bond motifs is 1. The Morgan fingerprint density at radius 2 is 1.95 bits per heavy atom. The van der Waals surface area contributed by atoms with Crippen LogP contribution in [0.25, 0.3) is 0 Å². The van der Waals surface area contributed by atoms with E-state index in [1.165, 1.54) is 4.90 Å². The van der Waals surface area contributed by atoms with Crippen LogP contribution in [0.1, 0.15) is 27.3 Å². The largest absolute Gasteiger partial charge is 0.299 e. The summed E-state index contributed by atoms with van der Waals surface area (Å²) in [5.41, 5.74) is 3.84. The number of anilines is 1. The molecule has 3 rings (SSSR count). The van der Waals surface area contributed by atoms with Crippen LogP contribution < -0.4 is 4.90 Å². The number of ketones is 1. The molecule has 0 fully saturated rings. The van der Waals surface area contributed by atoms with Crippen LogP contribution in [0.3, 0.4) is 0 Å². The molecule has 1 aromatic carbocycles. The number of halogens is 1. The summed E-state index contributed by atoms with van der Waals surface area (Å²) in [5.74, 6) is -0.926. The van der Waals surface area contributed by atoms with E-state index in [-0.39, 0.29) is 0 Å². The Morgan fingerprint density at radius 3 is 2.57 bits per heavy atom. The maximum Gasteiger partial charge on any atom is 0.299 e. The van der Waals surface area contributed by atoms with E-state index >= 15 is 0 Å². The predicted molar refractivity (Wildman–Crippen MR) is 82.3 cm³/mol. The van der Waals surface area contributed by atoms with Gasteiger partial charge in [-0.2, -0.15) is 5.10 Å². The fourth-order valence-corrected chi connectivity index (χ4v) is 3.03. The zero-order valence-corrected chi connectivity index (χ0v) is 13.6. The Hall–Kier alpha value is -1.95. The van der Waals surface area contributed by atoms with Gasteiger partial charge in [-0.15, -0.1) is 0 Å². The van der Waals surface area contributed by atoms with Gasteiger partial charge in [0, 0.05) is 7.05 Å². The van der Waals surface area contributed by atoms with Crippen molar-refractivity contribution < 1.29 is 9.59 Å². The van der Waals surface area contributed by atoms with Gasteiger partial charge in [0.1, 0.15) is 0 Å². The van der Waals surface area contributed by atoms with Crippen LogP contribution >= 0.6 is 15.9 Å². The number of carbonyl (C=O) groups is 2. The molecular weight excluding hydrogens is 334 g/mol. The Bertz CT molecular complexity index is 779. The highest BCUT2D eigenvalue weighted by Gasteiger charge is 2.36. The summed E-state index contributed by atoms with van der Waals surface area (Å²) in [6.07, 6.45) is 0. The fourth-order valence-electron chi connectivity index (χ4n) is 2.57. The summed E-state index contributed by atoms with van der Waals surface area (Å²) in [5, 5.41) is 4.31. The molecule has 1 aromatic heterocycles. The minimum atomic E-state index is -0.485. The normalized spacial score (nSPS) is 14.0. The van der Waals surface area contributed by atoms with Crippen LogP contribution in [0.2, 0.25) is 0 Å². The number of amides is 1. The van der Waals surface area contributed by atoms with Crippen molar-refractivity contribution in [2.45, 2.75) is 20.4 Å². The molecule has 0 aliphatic carbocycles. The average molecular weight is 348 g/mol. The number of nitrogens with zero attached hydrogens (tertiary/aromatic N) is 3. The Labute approximate surface area is 130 Å². The number of aromatic nitrogens is 2. The highest BCUT2D eigenvalue weighted by atomic mass is 79.9. The third kappa shape index (κ3) is 2.10. The average Bonchev–Trinajstić information content (AvgIpc) is 2.81. The van der Waals surface area contributed by atoms with E-state index in [0.29, 0.717) is 17.8 Å². The summed E-state index contributed by atoms with van der Waals surface area (Å²) in [4.78, 5) is 25.9. The van der Waals surface area contributed by atoms with Crippen molar-refractivity contribution in [3.63, 3.8) is 0 Å². The SMILES string of the molecule is Cc1ccc2c(c1)C(=O)C(=O)N2Cc1c(Br)c(C)nn1C. The highest BCUT2D eigenvalue weighted by Crippen LogP contribution is 2.32. The molecule has 0 N–H and O–H groups in total. The van der Waals surface area contributed by atoms with Crippen molar-refractivity contribution in [1.29, 1.82) is 0 Å². The Morgan fingerprint density at radius 1 is 1.24 bits per heavy atom. The second-order valence-electron chi connectivity index (χ2n) is 5.21. The summed E-state index contributed by atoms with van der Waals surface area (Å²) in [7, 11) is 1.82. The first-order valence-electron chi connectivity index (χ1n) is 6.55. The van der Waals surface area contributed by atoms with Gasteiger partial charge in [0.05, 0.1) is 33.7 Å². The van der Waals surface area contributed by atoms with Gasteiger partial charge in [-0.05, 0) is 41.9 Å². The van der Waals surface area contributed by atoms with Crippen molar-refractivity contribution in [3.05, 3.63) is 45.2 Å². The van der Waals surface area contributed by atoms with Gasteiger partial charge < -0.3 is 0 Å². The number of rotatable bonds is 2. The zero-order chi connectivity index (χ0) is 15.3. The van der Waals surface area contributed by atoms with Crippen LogP contribution in [0.15, 0.2) is 22.7 Å². The molecule has 0 unspecified atom stereocenters. The molecule has 0 atom stereocenters. The molecule has 1 aliphatic heterocycles. The van der Waals surface area contributed by atoms with Crippen LogP contribution in [-0.4, -0.2) is 21.5 Å². The summed E-state index contributed by atoms with van der Waals surface area (Å²) in [6.45, 7) is 4.11. The molecule has 1 amide bonds. The monoisotopic (exact) mass is 347 g/mol.